The lowest BCUT2D eigenvalue weighted by Gasteiger charge is -2.07. The van der Waals surface area contributed by atoms with Gasteiger partial charge in [0.25, 0.3) is 0 Å². The zero-order chi connectivity index (χ0) is 15.6. The normalized spacial score (nSPS) is 10.9. The number of nitrogens with zero attached hydrogens (tertiary/aromatic N) is 4. The second-order valence-electron chi connectivity index (χ2n) is 4.80. The van der Waals surface area contributed by atoms with E-state index in [4.69, 9.17) is 11.6 Å². The van der Waals surface area contributed by atoms with Crippen molar-refractivity contribution in [2.45, 2.75) is 33.4 Å². The summed E-state index contributed by atoms with van der Waals surface area (Å²) in [5, 5.41) is 11.9. The summed E-state index contributed by atoms with van der Waals surface area (Å²) >= 11 is 9.48. The maximum atomic E-state index is 11.9. The number of nitrogens with one attached hydrogen (secondary N) is 1. The molecule has 21 heavy (non-hydrogen) atoms. The number of amides is 1. The van der Waals surface area contributed by atoms with Crippen molar-refractivity contribution in [2.24, 2.45) is 7.05 Å². The molecule has 2 aromatic heterocycles. The van der Waals surface area contributed by atoms with Gasteiger partial charge in [-0.25, -0.2) is 0 Å². The molecule has 0 aliphatic rings. The minimum absolute atomic E-state index is 0.0354. The quantitative estimate of drug-likeness (QED) is 0.874. The van der Waals surface area contributed by atoms with Gasteiger partial charge in [-0.2, -0.15) is 10.2 Å². The summed E-state index contributed by atoms with van der Waals surface area (Å²) in [6.07, 6.45) is 2.06. The van der Waals surface area contributed by atoms with Crippen LogP contribution < -0.4 is 5.32 Å². The molecule has 0 aromatic carbocycles. The zero-order valence-corrected chi connectivity index (χ0v) is 14.5. The van der Waals surface area contributed by atoms with Gasteiger partial charge in [-0.15, -0.1) is 0 Å². The molecule has 0 spiro atoms. The predicted octanol–water partition coefficient (Wildman–Crippen LogP) is 2.36. The molecule has 0 saturated carbocycles. The van der Waals surface area contributed by atoms with E-state index < -0.39 is 0 Å². The van der Waals surface area contributed by atoms with Crippen molar-refractivity contribution in [2.75, 3.05) is 0 Å². The van der Waals surface area contributed by atoms with E-state index in [-0.39, 0.29) is 5.91 Å². The summed E-state index contributed by atoms with van der Waals surface area (Å²) in [5.41, 5.74) is 2.60. The highest BCUT2D eigenvalue weighted by molar-refractivity contribution is 9.10. The second kappa shape index (κ2) is 6.62. The van der Waals surface area contributed by atoms with Crippen LogP contribution in [0.2, 0.25) is 5.02 Å². The highest BCUT2D eigenvalue weighted by atomic mass is 79.9. The Morgan fingerprint density at radius 3 is 2.71 bits per heavy atom. The summed E-state index contributed by atoms with van der Waals surface area (Å²) in [6.45, 7) is 4.70. The molecule has 0 aliphatic heterocycles. The molecule has 0 fully saturated rings. The minimum Gasteiger partial charge on any atom is -0.350 e. The van der Waals surface area contributed by atoms with Gasteiger partial charge in [0.1, 0.15) is 0 Å². The Bertz CT molecular complexity index is 644. The molecular weight excluding hydrogens is 358 g/mol. The van der Waals surface area contributed by atoms with E-state index in [2.05, 4.69) is 31.4 Å². The number of carbonyl (C=O) groups excluding carboxylic acids is 1. The number of halogens is 2. The first-order chi connectivity index (χ1) is 9.90. The van der Waals surface area contributed by atoms with Gasteiger partial charge in [-0.3, -0.25) is 14.2 Å². The van der Waals surface area contributed by atoms with Crippen LogP contribution >= 0.6 is 27.5 Å². The van der Waals surface area contributed by atoms with E-state index in [9.17, 15) is 4.79 Å². The fraction of sp³-hybridized carbons (Fsp3) is 0.462. The third kappa shape index (κ3) is 3.65. The first-order valence-corrected chi connectivity index (χ1v) is 7.69. The van der Waals surface area contributed by atoms with Gasteiger partial charge in [0.05, 0.1) is 45.9 Å². The molecule has 0 aliphatic carbocycles. The number of aryl methyl sites for hydroxylation is 3. The summed E-state index contributed by atoms with van der Waals surface area (Å²) in [5.74, 6) is -0.0354. The average molecular weight is 375 g/mol. The van der Waals surface area contributed by atoms with Crippen molar-refractivity contribution in [3.05, 3.63) is 32.8 Å². The van der Waals surface area contributed by atoms with Crippen molar-refractivity contribution < 1.29 is 4.79 Å². The van der Waals surface area contributed by atoms with Crippen molar-refractivity contribution in [3.8, 4) is 0 Å². The van der Waals surface area contributed by atoms with Gasteiger partial charge in [0.15, 0.2) is 0 Å². The summed E-state index contributed by atoms with van der Waals surface area (Å²) < 4.78 is 4.37. The van der Waals surface area contributed by atoms with E-state index in [0.29, 0.717) is 24.5 Å². The summed E-state index contributed by atoms with van der Waals surface area (Å²) in [7, 11) is 1.84. The van der Waals surface area contributed by atoms with Crippen LogP contribution in [0.5, 0.6) is 0 Å². The molecule has 6 nitrogen and oxygen atoms in total. The van der Waals surface area contributed by atoms with Gasteiger partial charge >= 0.3 is 0 Å². The van der Waals surface area contributed by atoms with Crippen LogP contribution in [-0.4, -0.2) is 25.5 Å². The lowest BCUT2D eigenvalue weighted by Crippen LogP contribution is -2.25. The maximum absolute atomic E-state index is 11.9. The van der Waals surface area contributed by atoms with Gasteiger partial charge < -0.3 is 5.32 Å². The maximum Gasteiger partial charge on any atom is 0.222 e. The fourth-order valence-corrected chi connectivity index (χ4v) is 2.63. The van der Waals surface area contributed by atoms with Gasteiger partial charge in [0.2, 0.25) is 5.91 Å². The average Bonchev–Trinajstić information content (AvgIpc) is 2.89. The van der Waals surface area contributed by atoms with Gasteiger partial charge in [-0.1, -0.05) is 11.6 Å². The molecule has 0 bridgehead atoms. The molecule has 114 valence electrons. The lowest BCUT2D eigenvalue weighted by molar-refractivity contribution is -0.121. The second-order valence-corrected chi connectivity index (χ2v) is 6.03. The summed E-state index contributed by atoms with van der Waals surface area (Å²) in [4.78, 5) is 11.9. The Hall–Kier alpha value is -1.34. The van der Waals surface area contributed by atoms with E-state index in [1.807, 2.05) is 20.9 Å². The number of aromatic nitrogens is 4. The molecule has 2 aromatic rings. The first kappa shape index (κ1) is 16.0. The molecule has 0 unspecified atom stereocenters. The molecule has 8 heteroatoms. The van der Waals surface area contributed by atoms with Gasteiger partial charge in [-0.05, 0) is 29.8 Å². The predicted molar refractivity (Wildman–Crippen MR) is 84.1 cm³/mol. The molecule has 0 radical (unpaired) electrons. The fourth-order valence-electron chi connectivity index (χ4n) is 2.01. The Kier molecular flexibility index (Phi) is 5.05. The Labute approximate surface area is 136 Å². The summed E-state index contributed by atoms with van der Waals surface area (Å²) in [6, 6.07) is 0. The molecule has 2 heterocycles. The van der Waals surface area contributed by atoms with Crippen molar-refractivity contribution >= 4 is 33.4 Å². The molecule has 1 N–H and O–H groups in total. The number of hydrogen-bond donors (Lipinski definition) is 1. The zero-order valence-electron chi connectivity index (χ0n) is 12.2. The van der Waals surface area contributed by atoms with Crippen LogP contribution in [0.25, 0.3) is 0 Å². The molecule has 0 atom stereocenters. The van der Waals surface area contributed by atoms with Crippen LogP contribution in [0.4, 0.5) is 0 Å². The largest absolute Gasteiger partial charge is 0.350 e. The molecule has 1 amide bonds. The molecular formula is C13H17BrClN5O. The Morgan fingerprint density at radius 2 is 2.19 bits per heavy atom. The third-order valence-corrected chi connectivity index (χ3v) is 4.52. The highest BCUT2D eigenvalue weighted by Crippen LogP contribution is 2.19. The SMILES string of the molecule is Cc1nn(CCC(=O)NCc2c(Br)cnn2C)c(C)c1Cl. The smallest absolute Gasteiger partial charge is 0.222 e. The van der Waals surface area contributed by atoms with Crippen LogP contribution in [0, 0.1) is 13.8 Å². The van der Waals surface area contributed by atoms with Crippen LogP contribution in [0.3, 0.4) is 0 Å². The monoisotopic (exact) mass is 373 g/mol. The van der Waals surface area contributed by atoms with E-state index >= 15 is 0 Å². The van der Waals surface area contributed by atoms with Gasteiger partial charge in [0, 0.05) is 13.5 Å². The lowest BCUT2D eigenvalue weighted by atomic mass is 10.3. The Morgan fingerprint density at radius 1 is 1.48 bits per heavy atom. The number of hydrogen-bond acceptors (Lipinski definition) is 3. The standard InChI is InChI=1S/C13H17BrClN5O/c1-8-13(15)9(2)20(18-8)5-4-12(21)16-7-11-10(14)6-17-19(11)3/h6H,4-5,7H2,1-3H3,(H,16,21). The Balaban J connectivity index is 1.87. The topological polar surface area (TPSA) is 64.7 Å². The van der Waals surface area contributed by atoms with E-state index in [0.717, 1.165) is 21.6 Å². The minimum atomic E-state index is -0.0354. The van der Waals surface area contributed by atoms with Crippen LogP contribution in [0.15, 0.2) is 10.7 Å². The third-order valence-electron chi connectivity index (χ3n) is 3.31. The van der Waals surface area contributed by atoms with Crippen molar-refractivity contribution in [3.63, 3.8) is 0 Å². The van der Waals surface area contributed by atoms with Crippen LogP contribution in [-0.2, 0) is 24.9 Å². The van der Waals surface area contributed by atoms with Crippen molar-refractivity contribution in [1.82, 2.24) is 24.9 Å². The van der Waals surface area contributed by atoms with Crippen LogP contribution in [0.1, 0.15) is 23.5 Å². The number of rotatable bonds is 5. The van der Waals surface area contributed by atoms with E-state index in [1.165, 1.54) is 0 Å². The molecule has 0 saturated heterocycles. The first-order valence-electron chi connectivity index (χ1n) is 6.52. The number of carbonyl (C=O) groups is 1. The molecule has 2 rings (SSSR count). The van der Waals surface area contributed by atoms with Crippen molar-refractivity contribution in [1.29, 1.82) is 0 Å². The van der Waals surface area contributed by atoms with E-state index in [1.54, 1.807) is 15.6 Å². The highest BCUT2D eigenvalue weighted by Gasteiger charge is 2.11.